The van der Waals surface area contributed by atoms with Gasteiger partial charge in [0, 0.05) is 45.3 Å². The molecule has 0 saturated heterocycles. The molecule has 0 fully saturated rings. The van der Waals surface area contributed by atoms with Gasteiger partial charge in [-0.05, 0) is 53.1 Å². The van der Waals surface area contributed by atoms with Gasteiger partial charge in [0.1, 0.15) is 11.2 Å². The highest BCUT2D eigenvalue weighted by Crippen LogP contribution is 2.43. The zero-order valence-electron chi connectivity index (χ0n) is 18.8. The smallest absolute Gasteiger partial charge is 0.348 e. The fraction of sp³-hybridized carbons (Fsp3) is 0.167. The summed E-state index contributed by atoms with van der Waals surface area (Å²) in [5.41, 5.74) is 1.85. The Balaban J connectivity index is 1.35. The van der Waals surface area contributed by atoms with Gasteiger partial charge in [-0.25, -0.2) is 9.18 Å². The number of aliphatic imine (C=N–C) groups is 1. The second kappa shape index (κ2) is 8.54. The molecular weight excluding hydrogens is 523 g/mol. The fourth-order valence-corrected chi connectivity index (χ4v) is 5.86. The van der Waals surface area contributed by atoms with E-state index in [-0.39, 0.29) is 29.0 Å². The van der Waals surface area contributed by atoms with E-state index in [2.05, 4.69) is 20.5 Å². The standard InChI is InChI=1S/C24H16ClFN6O4S/c25-15-1-2-18(31-11-28-29-30-31)16(7-15)14-5-12-3-4-24(35,22(12)32(36)9-14)19-6-13(8-27-19)17-10-37-21(20(17)26)23(33)34/h1-2,5,7-11,35H,3-4,6H2,(H,33,34). The number of aryl methyl sites for hydroxylation is 1. The number of aromatic carboxylic acids is 1. The van der Waals surface area contributed by atoms with Gasteiger partial charge < -0.3 is 15.4 Å². The van der Waals surface area contributed by atoms with Gasteiger partial charge >= 0.3 is 5.97 Å². The summed E-state index contributed by atoms with van der Waals surface area (Å²) in [6, 6.07) is 6.97. The maximum absolute atomic E-state index is 14.6. The third-order valence-electron chi connectivity index (χ3n) is 6.61. The Kier molecular flexibility index (Phi) is 5.40. The Morgan fingerprint density at radius 1 is 1.30 bits per heavy atom. The number of thiophene rings is 1. The highest BCUT2D eigenvalue weighted by atomic mass is 35.5. The van der Waals surface area contributed by atoms with Crippen molar-refractivity contribution in [1.29, 1.82) is 0 Å². The lowest BCUT2D eigenvalue weighted by Gasteiger charge is -2.23. The lowest BCUT2D eigenvalue weighted by molar-refractivity contribution is -0.619. The van der Waals surface area contributed by atoms with Crippen LogP contribution in [0, 0.1) is 11.0 Å². The highest BCUT2D eigenvalue weighted by Gasteiger charge is 2.49. The molecule has 1 unspecified atom stereocenters. The van der Waals surface area contributed by atoms with E-state index in [1.54, 1.807) is 18.2 Å². The quantitative estimate of drug-likeness (QED) is 0.292. The monoisotopic (exact) mass is 538 g/mol. The molecule has 1 aromatic carbocycles. The van der Waals surface area contributed by atoms with Crippen LogP contribution in [0.1, 0.15) is 39.3 Å². The summed E-state index contributed by atoms with van der Waals surface area (Å²) in [6.07, 6.45) is 4.92. The third kappa shape index (κ3) is 3.72. The molecule has 3 aromatic heterocycles. The van der Waals surface area contributed by atoms with Crippen molar-refractivity contribution < 1.29 is 24.1 Å². The molecule has 186 valence electrons. The highest BCUT2D eigenvalue weighted by molar-refractivity contribution is 7.12. The number of fused-ring (bicyclic) bond motifs is 1. The molecule has 0 spiro atoms. The van der Waals surface area contributed by atoms with Crippen LogP contribution in [0.25, 0.3) is 22.4 Å². The first-order valence-corrected chi connectivity index (χ1v) is 12.3. The van der Waals surface area contributed by atoms with Crippen LogP contribution in [0.4, 0.5) is 4.39 Å². The summed E-state index contributed by atoms with van der Waals surface area (Å²) >= 11 is 7.03. The molecule has 1 atom stereocenters. The summed E-state index contributed by atoms with van der Waals surface area (Å²) in [6.45, 7) is 0. The zero-order chi connectivity index (χ0) is 25.9. The van der Waals surface area contributed by atoms with Crippen LogP contribution in [-0.2, 0) is 12.0 Å². The number of nitrogens with zero attached hydrogens (tertiary/aromatic N) is 6. The van der Waals surface area contributed by atoms with Crippen LogP contribution in [0.5, 0.6) is 0 Å². The number of aromatic nitrogens is 5. The van der Waals surface area contributed by atoms with E-state index in [9.17, 15) is 19.5 Å². The van der Waals surface area contributed by atoms with Gasteiger partial charge in [0.05, 0.1) is 11.4 Å². The number of pyridine rings is 1. The Morgan fingerprint density at radius 2 is 2.14 bits per heavy atom. The number of carboxylic acid groups (broad SMARTS) is 1. The maximum atomic E-state index is 14.6. The van der Waals surface area contributed by atoms with Crippen LogP contribution >= 0.6 is 22.9 Å². The lowest BCUT2D eigenvalue weighted by Crippen LogP contribution is -2.45. The van der Waals surface area contributed by atoms with Gasteiger partial charge in [-0.3, -0.25) is 4.99 Å². The minimum atomic E-state index is -1.65. The first-order chi connectivity index (χ1) is 17.8. The minimum Gasteiger partial charge on any atom is -0.618 e. The largest absolute Gasteiger partial charge is 0.618 e. The second-order valence-corrected chi connectivity index (χ2v) is 10.0. The Hall–Kier alpha value is -4.00. The molecule has 13 heteroatoms. The zero-order valence-corrected chi connectivity index (χ0v) is 20.4. The number of rotatable bonds is 5. The lowest BCUT2D eigenvalue weighted by atomic mass is 9.89. The Labute approximate surface area is 217 Å². The number of carbonyl (C=O) groups is 1. The number of carboxylic acids is 1. The van der Waals surface area contributed by atoms with E-state index in [4.69, 9.17) is 16.7 Å². The molecule has 4 heterocycles. The van der Waals surface area contributed by atoms with Crippen LogP contribution < -0.4 is 4.73 Å². The molecule has 2 aliphatic rings. The Morgan fingerprint density at radius 3 is 2.86 bits per heavy atom. The van der Waals surface area contributed by atoms with Crippen molar-refractivity contribution in [2.45, 2.75) is 24.9 Å². The SMILES string of the molecule is O=C(O)c1scc(C2=CN=C(C3(O)CCc4cc(-c5cc(Cl)ccc5-n5cnnn5)c[n+]([O-])c43)C2)c1F. The third-order valence-corrected chi connectivity index (χ3v) is 7.78. The van der Waals surface area contributed by atoms with Crippen molar-refractivity contribution in [3.63, 3.8) is 0 Å². The average Bonchev–Trinajstić information content (AvgIpc) is 3.66. The summed E-state index contributed by atoms with van der Waals surface area (Å²) in [7, 11) is 0. The minimum absolute atomic E-state index is 0.0855. The molecule has 37 heavy (non-hydrogen) atoms. The maximum Gasteiger partial charge on any atom is 0.348 e. The molecule has 0 bridgehead atoms. The molecular formula is C24H16ClFN6O4S. The van der Waals surface area contributed by atoms with Crippen molar-refractivity contribution in [1.82, 2.24) is 20.2 Å². The molecule has 6 rings (SSSR count). The van der Waals surface area contributed by atoms with Crippen LogP contribution in [0.15, 0.2) is 53.4 Å². The predicted molar refractivity (Wildman–Crippen MR) is 132 cm³/mol. The summed E-state index contributed by atoms with van der Waals surface area (Å²) in [5, 5.41) is 47.3. The summed E-state index contributed by atoms with van der Waals surface area (Å²) < 4.78 is 16.7. The normalized spacial score (nSPS) is 18.6. The van der Waals surface area contributed by atoms with Crippen molar-refractivity contribution in [3.05, 3.63) is 86.1 Å². The Bertz CT molecular complexity index is 1650. The van der Waals surface area contributed by atoms with Crippen molar-refractivity contribution in [2.75, 3.05) is 0 Å². The number of halogens is 2. The van der Waals surface area contributed by atoms with Gasteiger partial charge in [0.2, 0.25) is 5.69 Å². The predicted octanol–water partition coefficient (Wildman–Crippen LogP) is 3.53. The number of hydrogen-bond acceptors (Lipinski definition) is 8. The topological polar surface area (TPSA) is 140 Å². The van der Waals surface area contributed by atoms with Crippen LogP contribution in [-0.4, -0.2) is 42.1 Å². The average molecular weight is 539 g/mol. The van der Waals surface area contributed by atoms with E-state index in [1.807, 2.05) is 6.07 Å². The van der Waals surface area contributed by atoms with E-state index >= 15 is 0 Å². The molecule has 1 aliphatic heterocycles. The second-order valence-electron chi connectivity index (χ2n) is 8.71. The number of benzene rings is 1. The van der Waals surface area contributed by atoms with Gasteiger partial charge in [-0.2, -0.15) is 9.41 Å². The number of hydrogen-bond donors (Lipinski definition) is 2. The molecule has 10 nitrogen and oxygen atoms in total. The van der Waals surface area contributed by atoms with Gasteiger partial charge in [0.25, 0.3) is 0 Å². The molecule has 1 aliphatic carbocycles. The number of aliphatic hydroxyl groups is 1. The molecule has 4 aromatic rings. The molecule has 0 radical (unpaired) electrons. The molecule has 2 N–H and O–H groups in total. The van der Waals surface area contributed by atoms with Crippen molar-refractivity contribution in [2.24, 2.45) is 4.99 Å². The first kappa shape index (κ1) is 23.4. The molecule has 0 saturated carbocycles. The van der Waals surface area contributed by atoms with Gasteiger partial charge in [-0.15, -0.1) is 16.4 Å². The first-order valence-electron chi connectivity index (χ1n) is 11.1. The van der Waals surface area contributed by atoms with E-state index in [0.717, 1.165) is 11.3 Å². The van der Waals surface area contributed by atoms with E-state index in [1.165, 1.54) is 28.8 Å². The molecule has 0 amide bonds. The number of allylic oxidation sites excluding steroid dienone is 1. The number of tetrazole rings is 1. The summed E-state index contributed by atoms with van der Waals surface area (Å²) in [5.74, 6) is -2.18. The van der Waals surface area contributed by atoms with E-state index in [0.29, 0.717) is 49.8 Å². The van der Waals surface area contributed by atoms with Gasteiger partial charge in [0.15, 0.2) is 17.6 Å². The van der Waals surface area contributed by atoms with Crippen molar-refractivity contribution >= 4 is 40.2 Å². The van der Waals surface area contributed by atoms with Crippen molar-refractivity contribution in [3.8, 4) is 16.8 Å². The fourth-order valence-electron chi connectivity index (χ4n) is 4.89. The van der Waals surface area contributed by atoms with Crippen LogP contribution in [0.2, 0.25) is 5.02 Å². The van der Waals surface area contributed by atoms with E-state index < -0.39 is 17.4 Å². The van der Waals surface area contributed by atoms with Crippen LogP contribution in [0.3, 0.4) is 0 Å². The summed E-state index contributed by atoms with van der Waals surface area (Å²) in [4.78, 5) is 15.1. The van der Waals surface area contributed by atoms with Gasteiger partial charge in [-0.1, -0.05) is 11.6 Å².